The van der Waals surface area contributed by atoms with Gasteiger partial charge in [-0.05, 0) is 19.4 Å². The SMILES string of the molecule is Cc1cnn(Cc2sc(-c3ccccc3)nc2C)c1. The first-order valence-electron chi connectivity index (χ1n) is 6.23. The summed E-state index contributed by atoms with van der Waals surface area (Å²) in [6.45, 7) is 4.91. The van der Waals surface area contributed by atoms with Gasteiger partial charge in [-0.2, -0.15) is 5.10 Å². The molecule has 0 saturated heterocycles. The number of hydrogen-bond acceptors (Lipinski definition) is 3. The number of aromatic nitrogens is 3. The van der Waals surface area contributed by atoms with Gasteiger partial charge in [0, 0.05) is 16.6 Å². The third kappa shape index (κ3) is 2.58. The van der Waals surface area contributed by atoms with Crippen LogP contribution in [0.4, 0.5) is 0 Å². The van der Waals surface area contributed by atoms with E-state index in [4.69, 9.17) is 0 Å². The van der Waals surface area contributed by atoms with Crippen molar-refractivity contribution in [2.75, 3.05) is 0 Å². The molecule has 19 heavy (non-hydrogen) atoms. The van der Waals surface area contributed by atoms with Crippen molar-refractivity contribution in [2.24, 2.45) is 0 Å². The first-order chi connectivity index (χ1) is 9.22. The van der Waals surface area contributed by atoms with Crippen LogP contribution in [0.3, 0.4) is 0 Å². The molecule has 0 radical (unpaired) electrons. The minimum absolute atomic E-state index is 0.796. The first-order valence-corrected chi connectivity index (χ1v) is 7.05. The van der Waals surface area contributed by atoms with Crippen LogP contribution < -0.4 is 0 Å². The fraction of sp³-hybridized carbons (Fsp3) is 0.200. The second-order valence-electron chi connectivity index (χ2n) is 4.61. The fourth-order valence-electron chi connectivity index (χ4n) is 1.98. The largest absolute Gasteiger partial charge is 0.267 e. The Morgan fingerprint density at radius 2 is 1.95 bits per heavy atom. The van der Waals surface area contributed by atoms with Gasteiger partial charge in [0.1, 0.15) is 5.01 Å². The smallest absolute Gasteiger partial charge is 0.123 e. The molecule has 0 bridgehead atoms. The first kappa shape index (κ1) is 12.1. The molecule has 1 aromatic carbocycles. The van der Waals surface area contributed by atoms with E-state index in [-0.39, 0.29) is 0 Å². The lowest BCUT2D eigenvalue weighted by molar-refractivity contribution is 0.690. The Balaban J connectivity index is 1.90. The maximum atomic E-state index is 4.66. The Bertz CT molecular complexity index is 682. The molecule has 0 aliphatic rings. The highest BCUT2D eigenvalue weighted by Gasteiger charge is 2.10. The van der Waals surface area contributed by atoms with Gasteiger partial charge in [-0.3, -0.25) is 4.68 Å². The molecule has 0 unspecified atom stereocenters. The molecule has 3 aromatic rings. The lowest BCUT2D eigenvalue weighted by Gasteiger charge is -1.98. The van der Waals surface area contributed by atoms with E-state index in [2.05, 4.69) is 42.3 Å². The number of nitrogens with zero attached hydrogens (tertiary/aromatic N) is 3. The van der Waals surface area contributed by atoms with Gasteiger partial charge in [0.25, 0.3) is 0 Å². The molecule has 0 atom stereocenters. The van der Waals surface area contributed by atoms with Gasteiger partial charge in [-0.25, -0.2) is 4.98 Å². The van der Waals surface area contributed by atoms with Crippen LogP contribution >= 0.6 is 11.3 Å². The minimum Gasteiger partial charge on any atom is -0.267 e. The molecule has 96 valence electrons. The summed E-state index contributed by atoms with van der Waals surface area (Å²) in [5.74, 6) is 0. The molecule has 2 heterocycles. The summed E-state index contributed by atoms with van der Waals surface area (Å²) in [5.41, 5.74) is 3.46. The van der Waals surface area contributed by atoms with Gasteiger partial charge in [0.05, 0.1) is 18.4 Å². The molecule has 0 spiro atoms. The second kappa shape index (κ2) is 4.97. The van der Waals surface area contributed by atoms with Crippen LogP contribution in [0.25, 0.3) is 10.6 Å². The highest BCUT2D eigenvalue weighted by atomic mass is 32.1. The average molecular weight is 269 g/mol. The van der Waals surface area contributed by atoms with Gasteiger partial charge in [0.2, 0.25) is 0 Å². The predicted octanol–water partition coefficient (Wildman–Crippen LogP) is 3.67. The van der Waals surface area contributed by atoms with Gasteiger partial charge >= 0.3 is 0 Å². The lowest BCUT2D eigenvalue weighted by atomic mass is 10.2. The quantitative estimate of drug-likeness (QED) is 0.726. The van der Waals surface area contributed by atoms with Crippen molar-refractivity contribution in [1.82, 2.24) is 14.8 Å². The summed E-state index contributed by atoms with van der Waals surface area (Å²) in [4.78, 5) is 5.93. The number of aryl methyl sites for hydroxylation is 2. The van der Waals surface area contributed by atoms with E-state index in [1.165, 1.54) is 16.0 Å². The van der Waals surface area contributed by atoms with Crippen LogP contribution in [0.15, 0.2) is 42.7 Å². The summed E-state index contributed by atoms with van der Waals surface area (Å²) in [7, 11) is 0. The molecule has 0 fully saturated rings. The molecular weight excluding hydrogens is 254 g/mol. The third-order valence-electron chi connectivity index (χ3n) is 2.98. The van der Waals surface area contributed by atoms with Crippen LogP contribution in [0.2, 0.25) is 0 Å². The van der Waals surface area contributed by atoms with Gasteiger partial charge in [-0.1, -0.05) is 30.3 Å². The maximum Gasteiger partial charge on any atom is 0.123 e. The van der Waals surface area contributed by atoms with Crippen LogP contribution in [-0.2, 0) is 6.54 Å². The molecule has 0 aliphatic carbocycles. The number of hydrogen-bond donors (Lipinski definition) is 0. The van der Waals surface area contributed by atoms with Crippen molar-refractivity contribution in [3.8, 4) is 10.6 Å². The monoisotopic (exact) mass is 269 g/mol. The van der Waals surface area contributed by atoms with Crippen molar-refractivity contribution in [3.05, 3.63) is 58.9 Å². The van der Waals surface area contributed by atoms with E-state index in [1.807, 2.05) is 29.1 Å². The topological polar surface area (TPSA) is 30.7 Å². The van der Waals surface area contributed by atoms with Crippen molar-refractivity contribution < 1.29 is 0 Å². The van der Waals surface area contributed by atoms with Crippen LogP contribution in [0.1, 0.15) is 16.1 Å². The second-order valence-corrected chi connectivity index (χ2v) is 5.69. The molecule has 3 rings (SSSR count). The van der Waals surface area contributed by atoms with Crippen molar-refractivity contribution in [3.63, 3.8) is 0 Å². The van der Waals surface area contributed by atoms with E-state index in [0.29, 0.717) is 0 Å². The molecule has 0 aliphatic heterocycles. The molecule has 0 amide bonds. The third-order valence-corrected chi connectivity index (χ3v) is 4.17. The maximum absolute atomic E-state index is 4.66. The zero-order valence-corrected chi connectivity index (χ0v) is 11.8. The molecule has 0 N–H and O–H groups in total. The Hall–Kier alpha value is -1.94. The zero-order valence-electron chi connectivity index (χ0n) is 11.0. The normalized spacial score (nSPS) is 10.8. The molecular formula is C15H15N3S. The highest BCUT2D eigenvalue weighted by molar-refractivity contribution is 7.15. The molecule has 4 heteroatoms. The van der Waals surface area contributed by atoms with Crippen LogP contribution in [0, 0.1) is 13.8 Å². The van der Waals surface area contributed by atoms with Crippen LogP contribution in [-0.4, -0.2) is 14.8 Å². The average Bonchev–Trinajstić information content (AvgIpc) is 2.98. The van der Waals surface area contributed by atoms with Crippen molar-refractivity contribution >= 4 is 11.3 Å². The zero-order chi connectivity index (χ0) is 13.2. The van der Waals surface area contributed by atoms with Crippen LogP contribution in [0.5, 0.6) is 0 Å². The van der Waals surface area contributed by atoms with Gasteiger partial charge in [0.15, 0.2) is 0 Å². The molecule has 3 nitrogen and oxygen atoms in total. The predicted molar refractivity (Wildman–Crippen MR) is 78.4 cm³/mol. The highest BCUT2D eigenvalue weighted by Crippen LogP contribution is 2.28. The van der Waals surface area contributed by atoms with E-state index < -0.39 is 0 Å². The number of rotatable bonds is 3. The van der Waals surface area contributed by atoms with E-state index in [9.17, 15) is 0 Å². The summed E-state index contributed by atoms with van der Waals surface area (Å²) in [5, 5.41) is 5.41. The summed E-state index contributed by atoms with van der Waals surface area (Å²) >= 11 is 1.74. The standard InChI is InChI=1S/C15H15N3S/c1-11-8-16-18(9-11)10-14-12(2)17-15(19-14)13-6-4-3-5-7-13/h3-9H,10H2,1-2H3. The Kier molecular flexibility index (Phi) is 3.17. The van der Waals surface area contributed by atoms with Crippen molar-refractivity contribution in [1.29, 1.82) is 0 Å². The van der Waals surface area contributed by atoms with Gasteiger partial charge in [-0.15, -0.1) is 11.3 Å². The summed E-state index contributed by atoms with van der Waals surface area (Å²) in [6.07, 6.45) is 3.94. The van der Waals surface area contributed by atoms with E-state index in [0.717, 1.165) is 17.2 Å². The number of thiazole rings is 1. The summed E-state index contributed by atoms with van der Waals surface area (Å²) in [6, 6.07) is 10.3. The Labute approximate surface area is 116 Å². The van der Waals surface area contributed by atoms with E-state index >= 15 is 0 Å². The van der Waals surface area contributed by atoms with Crippen molar-refractivity contribution in [2.45, 2.75) is 20.4 Å². The Morgan fingerprint density at radius 3 is 2.63 bits per heavy atom. The van der Waals surface area contributed by atoms with Gasteiger partial charge < -0.3 is 0 Å². The minimum atomic E-state index is 0.796. The molecule has 2 aromatic heterocycles. The fourth-order valence-corrected chi connectivity index (χ4v) is 3.04. The molecule has 0 saturated carbocycles. The lowest BCUT2D eigenvalue weighted by Crippen LogP contribution is -1.99. The Morgan fingerprint density at radius 1 is 1.16 bits per heavy atom. The van der Waals surface area contributed by atoms with E-state index in [1.54, 1.807) is 11.3 Å². The number of benzene rings is 1. The summed E-state index contributed by atoms with van der Waals surface area (Å²) < 4.78 is 1.96.